The van der Waals surface area contributed by atoms with Crippen LogP contribution in [-0.4, -0.2) is 5.11 Å². The highest BCUT2D eigenvalue weighted by molar-refractivity contribution is 5.87. The van der Waals surface area contributed by atoms with Gasteiger partial charge in [-0.2, -0.15) is 0 Å². The summed E-state index contributed by atoms with van der Waals surface area (Å²) in [5, 5.41) is 11.6. The van der Waals surface area contributed by atoms with Crippen LogP contribution in [0.1, 0.15) is 18.5 Å². The number of benzene rings is 2. The normalized spacial score (nSPS) is 12.1. The summed E-state index contributed by atoms with van der Waals surface area (Å²) in [6.07, 6.45) is 0. The van der Waals surface area contributed by atoms with Gasteiger partial charge in [0.25, 0.3) is 0 Å². The van der Waals surface area contributed by atoms with E-state index in [9.17, 15) is 5.11 Å². The molecule has 0 heterocycles. The van der Waals surface area contributed by atoms with Crippen LogP contribution >= 0.6 is 12.4 Å². The van der Waals surface area contributed by atoms with E-state index in [4.69, 9.17) is 5.73 Å². The highest BCUT2D eigenvalue weighted by Crippen LogP contribution is 2.27. The molecule has 0 fully saturated rings. The summed E-state index contributed by atoms with van der Waals surface area (Å²) in [5.41, 5.74) is 6.82. The van der Waals surface area contributed by atoms with Gasteiger partial charge in [0.2, 0.25) is 0 Å². The van der Waals surface area contributed by atoms with Gasteiger partial charge in [-0.3, -0.25) is 0 Å². The number of rotatable bonds is 1. The zero-order valence-electron chi connectivity index (χ0n) is 8.47. The van der Waals surface area contributed by atoms with Gasteiger partial charge in [-0.25, -0.2) is 0 Å². The summed E-state index contributed by atoms with van der Waals surface area (Å²) in [6.45, 7) is 1.92. The topological polar surface area (TPSA) is 46.2 Å². The molecule has 0 aliphatic heterocycles. The second kappa shape index (κ2) is 4.51. The number of aromatic hydroxyl groups is 1. The number of hydrogen-bond acceptors (Lipinski definition) is 2. The van der Waals surface area contributed by atoms with E-state index >= 15 is 0 Å². The number of phenols is 1. The lowest BCUT2D eigenvalue weighted by Crippen LogP contribution is -2.05. The Balaban J connectivity index is 0.00000112. The van der Waals surface area contributed by atoms with E-state index in [1.54, 1.807) is 12.1 Å². The molecule has 0 aromatic heterocycles. The molecule has 3 heteroatoms. The molecule has 0 amide bonds. The first-order valence-corrected chi connectivity index (χ1v) is 4.66. The Hall–Kier alpha value is -1.25. The highest BCUT2D eigenvalue weighted by Gasteiger charge is 2.06. The molecule has 2 aromatic carbocycles. The molecule has 0 aliphatic carbocycles. The molecule has 0 aliphatic rings. The molecule has 80 valence electrons. The molecule has 0 spiro atoms. The monoisotopic (exact) mass is 223 g/mol. The Bertz CT molecular complexity index is 468. The van der Waals surface area contributed by atoms with Gasteiger partial charge in [-0.05, 0) is 35.4 Å². The van der Waals surface area contributed by atoms with Crippen molar-refractivity contribution in [2.45, 2.75) is 13.0 Å². The lowest BCUT2D eigenvalue weighted by Gasteiger charge is -2.10. The van der Waals surface area contributed by atoms with Crippen LogP contribution in [0.3, 0.4) is 0 Å². The number of hydrogen-bond donors (Lipinski definition) is 2. The average molecular weight is 224 g/mol. The Morgan fingerprint density at radius 2 is 1.87 bits per heavy atom. The van der Waals surface area contributed by atoms with Crippen molar-refractivity contribution in [1.29, 1.82) is 0 Å². The molecule has 2 rings (SSSR count). The summed E-state index contributed by atoms with van der Waals surface area (Å²) in [6, 6.07) is 11.3. The van der Waals surface area contributed by atoms with Gasteiger partial charge < -0.3 is 10.8 Å². The number of nitrogens with two attached hydrogens (primary N) is 1. The van der Waals surface area contributed by atoms with Gasteiger partial charge >= 0.3 is 0 Å². The predicted molar refractivity (Wildman–Crippen MR) is 65.5 cm³/mol. The standard InChI is InChI=1S/C12H13NO.ClH/c1-8(13)12-7-10(14)6-9-4-2-3-5-11(9)12;/h2-8,14H,13H2,1H3;1H/t8-;/m1./s1. The van der Waals surface area contributed by atoms with Crippen molar-refractivity contribution in [3.05, 3.63) is 42.0 Å². The van der Waals surface area contributed by atoms with Gasteiger partial charge in [0.15, 0.2) is 0 Å². The third kappa shape index (κ3) is 2.22. The van der Waals surface area contributed by atoms with Crippen molar-refractivity contribution in [2.75, 3.05) is 0 Å². The minimum Gasteiger partial charge on any atom is -0.508 e. The van der Waals surface area contributed by atoms with Crippen LogP contribution in [0.25, 0.3) is 10.8 Å². The molecule has 1 atom stereocenters. The van der Waals surface area contributed by atoms with E-state index in [-0.39, 0.29) is 24.2 Å². The van der Waals surface area contributed by atoms with Crippen molar-refractivity contribution in [3.63, 3.8) is 0 Å². The van der Waals surface area contributed by atoms with Crippen LogP contribution in [0.15, 0.2) is 36.4 Å². The zero-order valence-corrected chi connectivity index (χ0v) is 9.29. The molecule has 0 saturated carbocycles. The first-order chi connectivity index (χ1) is 6.68. The molecule has 0 radical (unpaired) electrons. The van der Waals surface area contributed by atoms with E-state index < -0.39 is 0 Å². The van der Waals surface area contributed by atoms with E-state index in [1.807, 2.05) is 31.2 Å². The molecular weight excluding hydrogens is 210 g/mol. The number of halogens is 1. The summed E-state index contributed by atoms with van der Waals surface area (Å²) in [4.78, 5) is 0. The minimum atomic E-state index is -0.0630. The van der Waals surface area contributed by atoms with Gasteiger partial charge in [0.05, 0.1) is 0 Å². The van der Waals surface area contributed by atoms with Crippen LogP contribution in [0.2, 0.25) is 0 Å². The number of phenolic OH excluding ortho intramolecular Hbond substituents is 1. The van der Waals surface area contributed by atoms with Crippen LogP contribution in [0.5, 0.6) is 5.75 Å². The molecule has 0 unspecified atom stereocenters. The molecule has 2 nitrogen and oxygen atoms in total. The van der Waals surface area contributed by atoms with Gasteiger partial charge in [0, 0.05) is 6.04 Å². The first-order valence-electron chi connectivity index (χ1n) is 4.66. The second-order valence-corrected chi connectivity index (χ2v) is 3.54. The maximum Gasteiger partial charge on any atom is 0.116 e. The highest BCUT2D eigenvalue weighted by atomic mass is 35.5. The minimum absolute atomic E-state index is 0. The van der Waals surface area contributed by atoms with E-state index in [0.29, 0.717) is 0 Å². The Morgan fingerprint density at radius 3 is 2.53 bits per heavy atom. The van der Waals surface area contributed by atoms with Crippen LogP contribution < -0.4 is 5.73 Å². The SMILES string of the molecule is C[C@@H](N)c1cc(O)cc2ccccc12.Cl. The van der Waals surface area contributed by atoms with Crippen molar-refractivity contribution in [3.8, 4) is 5.75 Å². The van der Waals surface area contributed by atoms with Crippen molar-refractivity contribution in [2.24, 2.45) is 5.73 Å². The fourth-order valence-electron chi connectivity index (χ4n) is 1.70. The van der Waals surface area contributed by atoms with Crippen LogP contribution in [0.4, 0.5) is 0 Å². The van der Waals surface area contributed by atoms with E-state index in [2.05, 4.69) is 0 Å². The van der Waals surface area contributed by atoms with Crippen molar-refractivity contribution < 1.29 is 5.11 Å². The summed E-state index contributed by atoms with van der Waals surface area (Å²) in [5.74, 6) is 0.274. The maximum absolute atomic E-state index is 9.50. The Labute approximate surface area is 95.1 Å². The van der Waals surface area contributed by atoms with Gasteiger partial charge in [0.1, 0.15) is 5.75 Å². The lowest BCUT2D eigenvalue weighted by atomic mass is 10.00. The summed E-state index contributed by atoms with van der Waals surface area (Å²) < 4.78 is 0. The maximum atomic E-state index is 9.50. The smallest absolute Gasteiger partial charge is 0.116 e. The van der Waals surface area contributed by atoms with Gasteiger partial charge in [-0.15, -0.1) is 12.4 Å². The molecule has 3 N–H and O–H groups in total. The third-order valence-electron chi connectivity index (χ3n) is 2.37. The molecule has 0 bridgehead atoms. The van der Waals surface area contributed by atoms with Gasteiger partial charge in [-0.1, -0.05) is 24.3 Å². The molecule has 0 saturated heterocycles. The predicted octanol–water partition coefficient (Wildman–Crippen LogP) is 2.99. The van der Waals surface area contributed by atoms with Crippen molar-refractivity contribution in [1.82, 2.24) is 0 Å². The quantitative estimate of drug-likeness (QED) is 0.781. The summed E-state index contributed by atoms with van der Waals surface area (Å²) >= 11 is 0. The summed E-state index contributed by atoms with van der Waals surface area (Å²) in [7, 11) is 0. The van der Waals surface area contributed by atoms with Crippen molar-refractivity contribution >= 4 is 23.2 Å². The fraction of sp³-hybridized carbons (Fsp3) is 0.167. The third-order valence-corrected chi connectivity index (χ3v) is 2.37. The Morgan fingerprint density at radius 1 is 1.20 bits per heavy atom. The average Bonchev–Trinajstić information content (AvgIpc) is 2.16. The fourth-order valence-corrected chi connectivity index (χ4v) is 1.70. The molecule has 2 aromatic rings. The Kier molecular flexibility index (Phi) is 3.56. The van der Waals surface area contributed by atoms with E-state index in [0.717, 1.165) is 16.3 Å². The lowest BCUT2D eigenvalue weighted by molar-refractivity contribution is 0.475. The molecular formula is C12H14ClNO. The zero-order chi connectivity index (χ0) is 10.1. The van der Waals surface area contributed by atoms with E-state index in [1.165, 1.54) is 0 Å². The second-order valence-electron chi connectivity index (χ2n) is 3.54. The number of fused-ring (bicyclic) bond motifs is 1. The first kappa shape index (κ1) is 11.8. The largest absolute Gasteiger partial charge is 0.508 e. The molecule has 15 heavy (non-hydrogen) atoms. The van der Waals surface area contributed by atoms with Crippen LogP contribution in [-0.2, 0) is 0 Å². The van der Waals surface area contributed by atoms with Crippen LogP contribution in [0, 0.1) is 0 Å².